The molecule has 2 N–H and O–H groups in total. The lowest BCUT2D eigenvalue weighted by molar-refractivity contribution is -0.143. The highest BCUT2D eigenvalue weighted by Crippen LogP contribution is 2.33. The zero-order valence-electron chi connectivity index (χ0n) is 14.1. The van der Waals surface area contributed by atoms with Gasteiger partial charge in [-0.15, -0.1) is 12.4 Å². The van der Waals surface area contributed by atoms with E-state index in [-0.39, 0.29) is 24.1 Å². The van der Waals surface area contributed by atoms with E-state index in [0.717, 1.165) is 35.8 Å². The van der Waals surface area contributed by atoms with Crippen LogP contribution in [0.25, 0.3) is 5.69 Å². The fraction of sp³-hybridized carbons (Fsp3) is 0.412. The Morgan fingerprint density at radius 2 is 2.04 bits per heavy atom. The molecule has 2 heterocycles. The second-order valence-corrected chi connectivity index (χ2v) is 6.16. The smallest absolute Gasteiger partial charge is 0.350 e. The van der Waals surface area contributed by atoms with Gasteiger partial charge in [0.05, 0.1) is 17.4 Å². The van der Waals surface area contributed by atoms with Crippen molar-refractivity contribution in [3.05, 3.63) is 47.3 Å². The van der Waals surface area contributed by atoms with Crippen LogP contribution in [0.1, 0.15) is 34.5 Å². The number of hydrogen-bond donors (Lipinski definition) is 2. The topological polar surface area (TPSA) is 59.0 Å². The summed E-state index contributed by atoms with van der Waals surface area (Å²) in [6, 6.07) is 6.58. The minimum absolute atomic E-state index is 0. The number of rotatable bonds is 4. The molecular formula is C17H20ClF3N4O. The molecule has 0 spiro atoms. The van der Waals surface area contributed by atoms with Gasteiger partial charge in [0.25, 0.3) is 5.91 Å². The van der Waals surface area contributed by atoms with Gasteiger partial charge in [-0.2, -0.15) is 18.3 Å². The van der Waals surface area contributed by atoms with Crippen molar-refractivity contribution >= 4 is 18.3 Å². The molecule has 1 amide bonds. The number of nitrogens with zero attached hydrogens (tertiary/aromatic N) is 2. The second kappa shape index (κ2) is 8.09. The molecule has 1 atom stereocenters. The molecule has 3 rings (SSSR count). The molecular weight excluding hydrogens is 369 g/mol. The summed E-state index contributed by atoms with van der Waals surface area (Å²) >= 11 is 0. The SMILES string of the molecule is Cc1ccc(-n2ncc(C(=O)NCC3CCCN3)c2C(F)(F)F)cc1.Cl. The fourth-order valence-corrected chi connectivity index (χ4v) is 2.91. The molecule has 1 aliphatic rings. The molecule has 2 aromatic rings. The van der Waals surface area contributed by atoms with Crippen molar-refractivity contribution in [1.29, 1.82) is 0 Å². The van der Waals surface area contributed by atoms with Gasteiger partial charge in [0.2, 0.25) is 0 Å². The van der Waals surface area contributed by atoms with Gasteiger partial charge >= 0.3 is 6.18 Å². The van der Waals surface area contributed by atoms with Crippen molar-refractivity contribution < 1.29 is 18.0 Å². The Balaban J connectivity index is 0.00000243. The standard InChI is InChI=1S/C17H19F3N4O.ClH/c1-11-4-6-13(7-5-11)24-15(17(18,19)20)14(10-23-24)16(25)22-9-12-3-2-8-21-12;/h4-7,10,12,21H,2-3,8-9H2,1H3,(H,22,25);1H. The molecule has 5 nitrogen and oxygen atoms in total. The van der Waals surface area contributed by atoms with Crippen LogP contribution in [0.5, 0.6) is 0 Å². The van der Waals surface area contributed by atoms with Gasteiger partial charge in [0.15, 0.2) is 5.69 Å². The van der Waals surface area contributed by atoms with Gasteiger partial charge < -0.3 is 10.6 Å². The lowest BCUT2D eigenvalue weighted by Crippen LogP contribution is -2.37. The third-order valence-corrected chi connectivity index (χ3v) is 4.23. The Hall–Kier alpha value is -2.06. The molecule has 1 saturated heterocycles. The Morgan fingerprint density at radius 3 is 2.62 bits per heavy atom. The highest BCUT2D eigenvalue weighted by molar-refractivity contribution is 5.95. The first kappa shape index (κ1) is 20.3. The van der Waals surface area contributed by atoms with Gasteiger partial charge in [0.1, 0.15) is 0 Å². The van der Waals surface area contributed by atoms with E-state index in [9.17, 15) is 18.0 Å². The Morgan fingerprint density at radius 1 is 1.35 bits per heavy atom. The molecule has 26 heavy (non-hydrogen) atoms. The summed E-state index contributed by atoms with van der Waals surface area (Å²) in [5.74, 6) is -0.764. The van der Waals surface area contributed by atoms with Crippen molar-refractivity contribution in [2.24, 2.45) is 0 Å². The normalized spacial score (nSPS) is 17.0. The number of carbonyl (C=O) groups is 1. The first-order valence-corrected chi connectivity index (χ1v) is 8.10. The molecule has 142 valence electrons. The molecule has 0 bridgehead atoms. The third kappa shape index (κ3) is 4.37. The van der Waals surface area contributed by atoms with E-state index in [1.165, 1.54) is 0 Å². The first-order chi connectivity index (χ1) is 11.9. The summed E-state index contributed by atoms with van der Waals surface area (Å²) in [5, 5.41) is 9.56. The van der Waals surface area contributed by atoms with Crippen LogP contribution in [-0.4, -0.2) is 34.8 Å². The maximum atomic E-state index is 13.6. The van der Waals surface area contributed by atoms with Crippen LogP contribution in [-0.2, 0) is 6.18 Å². The second-order valence-electron chi connectivity index (χ2n) is 6.16. The number of halogens is 4. The summed E-state index contributed by atoms with van der Waals surface area (Å²) in [5.41, 5.74) is -0.347. The van der Waals surface area contributed by atoms with Gasteiger partial charge in [0, 0.05) is 12.6 Å². The quantitative estimate of drug-likeness (QED) is 0.846. The average Bonchev–Trinajstić information content (AvgIpc) is 3.22. The van der Waals surface area contributed by atoms with Gasteiger partial charge in [-0.25, -0.2) is 4.68 Å². The molecule has 0 aliphatic carbocycles. The molecule has 1 aromatic heterocycles. The van der Waals surface area contributed by atoms with Gasteiger partial charge in [-0.1, -0.05) is 17.7 Å². The number of benzene rings is 1. The molecule has 1 aliphatic heterocycles. The Bertz CT molecular complexity index is 752. The zero-order valence-corrected chi connectivity index (χ0v) is 15.0. The Labute approximate surface area is 155 Å². The van der Waals surface area contributed by atoms with Crippen molar-refractivity contribution in [3.63, 3.8) is 0 Å². The van der Waals surface area contributed by atoms with E-state index >= 15 is 0 Å². The molecule has 1 fully saturated rings. The van der Waals surface area contributed by atoms with Crippen molar-refractivity contribution in [3.8, 4) is 5.69 Å². The van der Waals surface area contributed by atoms with Crippen LogP contribution >= 0.6 is 12.4 Å². The number of aryl methyl sites for hydroxylation is 1. The fourth-order valence-electron chi connectivity index (χ4n) is 2.91. The van der Waals surface area contributed by atoms with Crippen LogP contribution in [0.15, 0.2) is 30.5 Å². The average molecular weight is 389 g/mol. The highest BCUT2D eigenvalue weighted by Gasteiger charge is 2.40. The van der Waals surface area contributed by atoms with Crippen LogP contribution in [0, 0.1) is 6.92 Å². The van der Waals surface area contributed by atoms with Crippen molar-refractivity contribution in [1.82, 2.24) is 20.4 Å². The van der Waals surface area contributed by atoms with Gasteiger partial charge in [-0.3, -0.25) is 4.79 Å². The lowest BCUT2D eigenvalue weighted by atomic mass is 10.2. The molecule has 1 unspecified atom stereocenters. The van der Waals surface area contributed by atoms with Crippen LogP contribution in [0.4, 0.5) is 13.2 Å². The maximum Gasteiger partial charge on any atom is 0.434 e. The minimum atomic E-state index is -4.69. The van der Waals surface area contributed by atoms with E-state index in [1.54, 1.807) is 24.3 Å². The number of hydrogen-bond acceptors (Lipinski definition) is 3. The predicted octanol–water partition coefficient (Wildman–Crippen LogP) is 3.10. The van der Waals surface area contributed by atoms with E-state index < -0.39 is 23.3 Å². The zero-order chi connectivity index (χ0) is 18.0. The summed E-state index contributed by atoms with van der Waals surface area (Å²) in [4.78, 5) is 12.3. The summed E-state index contributed by atoms with van der Waals surface area (Å²) in [7, 11) is 0. The monoisotopic (exact) mass is 388 g/mol. The van der Waals surface area contributed by atoms with E-state index in [2.05, 4.69) is 15.7 Å². The molecule has 9 heteroatoms. The minimum Gasteiger partial charge on any atom is -0.350 e. The lowest BCUT2D eigenvalue weighted by Gasteiger charge is -2.14. The number of amides is 1. The molecule has 0 radical (unpaired) electrons. The predicted molar refractivity (Wildman–Crippen MR) is 93.9 cm³/mol. The van der Waals surface area contributed by atoms with E-state index in [4.69, 9.17) is 0 Å². The first-order valence-electron chi connectivity index (χ1n) is 8.10. The molecule has 0 saturated carbocycles. The number of aromatic nitrogens is 2. The van der Waals surface area contributed by atoms with Crippen molar-refractivity contribution in [2.75, 3.05) is 13.1 Å². The summed E-state index contributed by atoms with van der Waals surface area (Å²) < 4.78 is 41.4. The van der Waals surface area contributed by atoms with Crippen molar-refractivity contribution in [2.45, 2.75) is 32.0 Å². The number of nitrogens with one attached hydrogen (secondary N) is 2. The summed E-state index contributed by atoms with van der Waals surface area (Å²) in [6.45, 7) is 3.00. The summed E-state index contributed by atoms with van der Waals surface area (Å²) in [6.07, 6.45) is -1.82. The van der Waals surface area contributed by atoms with Crippen LogP contribution in [0.2, 0.25) is 0 Å². The number of carbonyl (C=O) groups excluding carboxylic acids is 1. The van der Waals surface area contributed by atoms with Crippen LogP contribution < -0.4 is 10.6 Å². The maximum absolute atomic E-state index is 13.6. The largest absolute Gasteiger partial charge is 0.434 e. The van der Waals surface area contributed by atoms with E-state index in [1.807, 2.05) is 6.92 Å². The third-order valence-electron chi connectivity index (χ3n) is 4.23. The number of alkyl halides is 3. The van der Waals surface area contributed by atoms with Gasteiger partial charge in [-0.05, 0) is 38.4 Å². The van der Waals surface area contributed by atoms with Crippen LogP contribution in [0.3, 0.4) is 0 Å². The molecule has 1 aromatic carbocycles. The van der Waals surface area contributed by atoms with E-state index in [0.29, 0.717) is 6.54 Å². The Kier molecular flexibility index (Phi) is 6.30. The highest BCUT2D eigenvalue weighted by atomic mass is 35.5.